The van der Waals surface area contributed by atoms with E-state index in [-0.39, 0.29) is 29.5 Å². The Kier molecular flexibility index (Phi) is 6.08. The first-order chi connectivity index (χ1) is 13.9. The zero-order chi connectivity index (χ0) is 21.0. The van der Waals surface area contributed by atoms with Crippen molar-refractivity contribution in [1.29, 1.82) is 0 Å². The third-order valence-electron chi connectivity index (χ3n) is 4.17. The van der Waals surface area contributed by atoms with Crippen LogP contribution in [-0.4, -0.2) is 26.1 Å². The molecular formula is C20H18N4O4S. The number of anilines is 1. The summed E-state index contributed by atoms with van der Waals surface area (Å²) in [6.07, 6.45) is 1.60. The molecule has 0 aliphatic rings. The first kappa shape index (κ1) is 20.3. The molecule has 1 heterocycles. The molecule has 0 aliphatic carbocycles. The number of aromatic nitrogens is 2. The van der Waals surface area contributed by atoms with Crippen molar-refractivity contribution >= 4 is 39.9 Å². The van der Waals surface area contributed by atoms with E-state index in [1.807, 2.05) is 0 Å². The maximum atomic E-state index is 12.7. The SMILES string of the molecule is C=CCn1c(SCC(=O)Nc2ccc([N+](=O)[O-])cc2C)nc2ccccc2c1=O. The monoisotopic (exact) mass is 410 g/mol. The van der Waals surface area contributed by atoms with Crippen LogP contribution in [0.1, 0.15) is 5.56 Å². The second-order valence-electron chi connectivity index (χ2n) is 6.21. The molecule has 1 aromatic heterocycles. The highest BCUT2D eigenvalue weighted by atomic mass is 32.2. The fraction of sp³-hybridized carbons (Fsp3) is 0.150. The lowest BCUT2D eigenvalue weighted by atomic mass is 10.2. The Morgan fingerprint density at radius 3 is 2.79 bits per heavy atom. The number of fused-ring (bicyclic) bond motifs is 1. The molecule has 0 radical (unpaired) electrons. The smallest absolute Gasteiger partial charge is 0.269 e. The minimum atomic E-state index is -0.487. The third kappa shape index (κ3) is 4.52. The van der Waals surface area contributed by atoms with Crippen LogP contribution in [0, 0.1) is 17.0 Å². The van der Waals surface area contributed by atoms with Crippen LogP contribution in [0.25, 0.3) is 10.9 Å². The molecule has 1 amide bonds. The van der Waals surface area contributed by atoms with Crippen molar-refractivity contribution in [3.8, 4) is 0 Å². The summed E-state index contributed by atoms with van der Waals surface area (Å²) in [5.74, 6) is -0.280. The Morgan fingerprint density at radius 1 is 1.34 bits per heavy atom. The summed E-state index contributed by atoms with van der Waals surface area (Å²) >= 11 is 1.14. The van der Waals surface area contributed by atoms with E-state index in [1.165, 1.54) is 22.8 Å². The van der Waals surface area contributed by atoms with E-state index in [9.17, 15) is 19.7 Å². The minimum Gasteiger partial charge on any atom is -0.325 e. The first-order valence-corrected chi connectivity index (χ1v) is 9.67. The summed E-state index contributed by atoms with van der Waals surface area (Å²) in [5.41, 5.74) is 1.42. The van der Waals surface area contributed by atoms with Gasteiger partial charge in [0.15, 0.2) is 5.16 Å². The van der Waals surface area contributed by atoms with E-state index in [1.54, 1.807) is 37.3 Å². The van der Waals surface area contributed by atoms with Gasteiger partial charge in [0.25, 0.3) is 11.2 Å². The van der Waals surface area contributed by atoms with Crippen molar-refractivity contribution in [3.63, 3.8) is 0 Å². The fourth-order valence-corrected chi connectivity index (χ4v) is 3.57. The van der Waals surface area contributed by atoms with E-state index >= 15 is 0 Å². The predicted molar refractivity (Wildman–Crippen MR) is 113 cm³/mol. The quantitative estimate of drug-likeness (QED) is 0.210. The number of carbonyl (C=O) groups excluding carboxylic acids is 1. The highest BCUT2D eigenvalue weighted by Gasteiger charge is 2.14. The number of nitrogens with one attached hydrogen (secondary N) is 1. The molecule has 2 aromatic carbocycles. The van der Waals surface area contributed by atoms with Gasteiger partial charge in [0.1, 0.15) is 0 Å². The van der Waals surface area contributed by atoms with Gasteiger partial charge < -0.3 is 5.32 Å². The Morgan fingerprint density at radius 2 is 2.10 bits per heavy atom. The molecule has 29 heavy (non-hydrogen) atoms. The molecular weight excluding hydrogens is 392 g/mol. The number of hydrogen-bond acceptors (Lipinski definition) is 6. The summed E-state index contributed by atoms with van der Waals surface area (Å²) in [7, 11) is 0. The van der Waals surface area contributed by atoms with Crippen molar-refractivity contribution in [2.24, 2.45) is 0 Å². The normalized spacial score (nSPS) is 10.7. The number of allylic oxidation sites excluding steroid dienone is 1. The van der Waals surface area contributed by atoms with Crippen molar-refractivity contribution in [3.05, 3.63) is 81.2 Å². The molecule has 148 valence electrons. The number of benzene rings is 2. The zero-order valence-electron chi connectivity index (χ0n) is 15.6. The van der Waals surface area contributed by atoms with Crippen LogP contribution < -0.4 is 10.9 Å². The van der Waals surface area contributed by atoms with E-state index in [0.29, 0.717) is 27.3 Å². The number of thioether (sulfide) groups is 1. The van der Waals surface area contributed by atoms with Crippen molar-refractivity contribution in [2.45, 2.75) is 18.6 Å². The van der Waals surface area contributed by atoms with Gasteiger partial charge in [-0.25, -0.2) is 4.98 Å². The van der Waals surface area contributed by atoms with Crippen molar-refractivity contribution in [2.75, 3.05) is 11.1 Å². The molecule has 8 nitrogen and oxygen atoms in total. The topological polar surface area (TPSA) is 107 Å². The van der Waals surface area contributed by atoms with Crippen LogP contribution in [0.3, 0.4) is 0 Å². The lowest BCUT2D eigenvalue weighted by Gasteiger charge is -2.12. The minimum absolute atomic E-state index is 0.0261. The van der Waals surface area contributed by atoms with Gasteiger partial charge in [-0.15, -0.1) is 6.58 Å². The van der Waals surface area contributed by atoms with Crippen molar-refractivity contribution < 1.29 is 9.72 Å². The molecule has 0 saturated carbocycles. The van der Waals surface area contributed by atoms with Crippen molar-refractivity contribution in [1.82, 2.24) is 9.55 Å². The number of hydrogen-bond donors (Lipinski definition) is 1. The lowest BCUT2D eigenvalue weighted by Crippen LogP contribution is -2.23. The standard InChI is InChI=1S/C20H18N4O4S/c1-3-10-23-19(26)15-6-4-5-7-17(15)22-20(23)29-12-18(25)21-16-9-8-14(24(27)28)11-13(16)2/h3-9,11H,1,10,12H2,2H3,(H,21,25). The van der Waals surface area contributed by atoms with Gasteiger partial charge in [-0.1, -0.05) is 30.0 Å². The van der Waals surface area contributed by atoms with Gasteiger partial charge in [0.2, 0.25) is 5.91 Å². The molecule has 0 bridgehead atoms. The van der Waals surface area contributed by atoms with Crippen LogP contribution in [0.2, 0.25) is 0 Å². The number of aryl methyl sites for hydroxylation is 1. The number of non-ortho nitro benzene ring substituents is 1. The van der Waals surface area contributed by atoms with Gasteiger partial charge in [-0.3, -0.25) is 24.3 Å². The molecule has 0 aliphatic heterocycles. The first-order valence-electron chi connectivity index (χ1n) is 8.69. The van der Waals surface area contributed by atoms with Crippen LogP contribution in [0.15, 0.2) is 65.1 Å². The zero-order valence-corrected chi connectivity index (χ0v) is 16.4. The summed E-state index contributed by atoms with van der Waals surface area (Å²) in [5, 5.41) is 14.5. The van der Waals surface area contributed by atoms with E-state index in [0.717, 1.165) is 11.8 Å². The average Bonchev–Trinajstić information content (AvgIpc) is 2.70. The Bertz CT molecular complexity index is 1170. The number of nitro benzene ring substituents is 1. The predicted octanol–water partition coefficient (Wildman–Crippen LogP) is 3.53. The molecule has 0 atom stereocenters. The molecule has 0 spiro atoms. The van der Waals surface area contributed by atoms with Gasteiger partial charge in [0.05, 0.1) is 21.6 Å². The van der Waals surface area contributed by atoms with E-state index in [2.05, 4.69) is 16.9 Å². The molecule has 0 fully saturated rings. The van der Waals surface area contributed by atoms with Crippen LogP contribution in [-0.2, 0) is 11.3 Å². The number of para-hydroxylation sites is 1. The van der Waals surface area contributed by atoms with Gasteiger partial charge in [0, 0.05) is 24.4 Å². The summed E-state index contributed by atoms with van der Waals surface area (Å²) in [4.78, 5) is 39.9. The van der Waals surface area contributed by atoms with Gasteiger partial charge in [-0.05, 0) is 30.7 Å². The van der Waals surface area contributed by atoms with Gasteiger partial charge >= 0.3 is 0 Å². The molecule has 3 aromatic rings. The van der Waals surface area contributed by atoms with Crippen LogP contribution in [0.5, 0.6) is 0 Å². The maximum Gasteiger partial charge on any atom is 0.269 e. The highest BCUT2D eigenvalue weighted by molar-refractivity contribution is 7.99. The second kappa shape index (κ2) is 8.70. The number of nitro groups is 1. The Hall–Kier alpha value is -3.46. The highest BCUT2D eigenvalue weighted by Crippen LogP contribution is 2.22. The lowest BCUT2D eigenvalue weighted by molar-refractivity contribution is -0.384. The van der Waals surface area contributed by atoms with Crippen LogP contribution >= 0.6 is 11.8 Å². The van der Waals surface area contributed by atoms with E-state index < -0.39 is 4.92 Å². The van der Waals surface area contributed by atoms with Gasteiger partial charge in [-0.2, -0.15) is 0 Å². The van der Waals surface area contributed by atoms with Crippen LogP contribution in [0.4, 0.5) is 11.4 Å². The summed E-state index contributed by atoms with van der Waals surface area (Å²) in [6.45, 7) is 5.64. The summed E-state index contributed by atoms with van der Waals surface area (Å²) < 4.78 is 1.48. The largest absolute Gasteiger partial charge is 0.325 e. The molecule has 1 N–H and O–H groups in total. The number of nitrogens with zero attached hydrogens (tertiary/aromatic N) is 3. The Labute approximate surface area is 170 Å². The van der Waals surface area contributed by atoms with E-state index in [4.69, 9.17) is 0 Å². The number of amides is 1. The maximum absolute atomic E-state index is 12.7. The second-order valence-corrected chi connectivity index (χ2v) is 7.15. The number of rotatable bonds is 7. The molecule has 0 unspecified atom stereocenters. The molecule has 9 heteroatoms. The number of carbonyl (C=O) groups is 1. The average molecular weight is 410 g/mol. The molecule has 3 rings (SSSR count). The summed E-state index contributed by atoms with van der Waals surface area (Å²) in [6, 6.07) is 11.3. The molecule has 0 saturated heterocycles. The third-order valence-corrected chi connectivity index (χ3v) is 5.14. The Balaban J connectivity index is 1.79. The fourth-order valence-electron chi connectivity index (χ4n) is 2.77.